The highest BCUT2D eigenvalue weighted by Crippen LogP contribution is 2.44. The maximum absolute atomic E-state index is 13.5. The Balaban J connectivity index is 0.000000416. The summed E-state index contributed by atoms with van der Waals surface area (Å²) in [6.45, 7) is 4.19. The third-order valence-corrected chi connectivity index (χ3v) is 7.52. The van der Waals surface area contributed by atoms with Crippen LogP contribution in [0.5, 0.6) is 0 Å². The van der Waals surface area contributed by atoms with Crippen molar-refractivity contribution in [1.29, 1.82) is 0 Å². The topological polar surface area (TPSA) is 207 Å². The normalized spacial score (nSPS) is 20.7. The van der Waals surface area contributed by atoms with Crippen molar-refractivity contribution in [3.63, 3.8) is 0 Å². The second-order valence-electron chi connectivity index (χ2n) is 10.4. The molecule has 1 amide bonds. The number of likely N-dealkylation sites (tertiary alicyclic amines) is 1. The number of nitrogens with one attached hydrogen (secondary N) is 1. The minimum absolute atomic E-state index is 0.0154. The standard InChI is InChI=1S/C24H31N3O5.C4H6O6/c1-15(28)31-9-7-27(8-10-32-16(2)29)24(30)18-11-20-19-5-4-6-21-23(19)17(13-25-21)12-22(20)26(3)14-18;5-1(3(7)8)2(6)4(9)10/h4-6,13,18,20,22,25H,7-12,14H2,1-3H3;1-2,5-6H,(H,7,8)(H,9,10). The number of amides is 1. The molecule has 1 saturated heterocycles. The highest BCUT2D eigenvalue weighted by Gasteiger charge is 2.42. The molecule has 4 rings (SSSR count). The average Bonchev–Trinajstić information content (AvgIpc) is 3.35. The van der Waals surface area contributed by atoms with Crippen LogP contribution in [0.3, 0.4) is 0 Å². The fourth-order valence-electron chi connectivity index (χ4n) is 5.58. The van der Waals surface area contributed by atoms with Gasteiger partial charge in [-0.05, 0) is 37.1 Å². The predicted octanol–water partition coefficient (Wildman–Crippen LogP) is -0.0399. The van der Waals surface area contributed by atoms with Crippen LogP contribution in [-0.2, 0) is 39.9 Å². The average molecular weight is 592 g/mol. The van der Waals surface area contributed by atoms with E-state index in [4.69, 9.17) is 29.9 Å². The van der Waals surface area contributed by atoms with Crippen LogP contribution in [-0.4, -0.2) is 123 Å². The van der Waals surface area contributed by atoms with E-state index in [1.165, 1.54) is 30.4 Å². The smallest absolute Gasteiger partial charge is 0.335 e. The van der Waals surface area contributed by atoms with Gasteiger partial charge >= 0.3 is 23.9 Å². The molecule has 0 saturated carbocycles. The number of likely N-dealkylation sites (N-methyl/N-ethyl adjacent to an activating group) is 1. The Morgan fingerprint density at radius 1 is 1.00 bits per heavy atom. The first-order valence-electron chi connectivity index (χ1n) is 13.5. The molecule has 5 unspecified atom stereocenters. The molecule has 0 radical (unpaired) electrons. The maximum atomic E-state index is 13.5. The highest BCUT2D eigenvalue weighted by molar-refractivity contribution is 5.89. The van der Waals surface area contributed by atoms with Crippen molar-refractivity contribution in [3.05, 3.63) is 35.5 Å². The number of carboxylic acid groups (broad SMARTS) is 2. The minimum atomic E-state index is -2.27. The number of rotatable bonds is 10. The largest absolute Gasteiger partial charge is 0.479 e. The first kappa shape index (κ1) is 32.5. The Labute approximate surface area is 241 Å². The molecule has 14 heteroatoms. The number of esters is 2. The molecule has 230 valence electrons. The second-order valence-corrected chi connectivity index (χ2v) is 10.4. The van der Waals surface area contributed by atoms with E-state index in [-0.39, 0.29) is 56.0 Å². The van der Waals surface area contributed by atoms with Crippen molar-refractivity contribution >= 4 is 40.7 Å². The summed E-state index contributed by atoms with van der Waals surface area (Å²) < 4.78 is 10.1. The predicted molar refractivity (Wildman–Crippen MR) is 146 cm³/mol. The number of carbonyl (C=O) groups is 5. The highest BCUT2D eigenvalue weighted by atomic mass is 16.5. The lowest BCUT2D eigenvalue weighted by Gasteiger charge is -2.45. The number of carbonyl (C=O) groups excluding carboxylic acids is 3. The summed E-state index contributed by atoms with van der Waals surface area (Å²) in [4.78, 5) is 62.7. The van der Waals surface area contributed by atoms with E-state index in [0.29, 0.717) is 12.6 Å². The molecule has 5 atom stereocenters. The van der Waals surface area contributed by atoms with Gasteiger partial charge in [0.25, 0.3) is 0 Å². The number of aromatic nitrogens is 1. The quantitative estimate of drug-likeness (QED) is 0.231. The number of piperidine rings is 1. The molecule has 1 aromatic carbocycles. The van der Waals surface area contributed by atoms with Gasteiger partial charge in [0.2, 0.25) is 5.91 Å². The van der Waals surface area contributed by atoms with Crippen LogP contribution in [0.1, 0.15) is 37.3 Å². The monoisotopic (exact) mass is 591 g/mol. The van der Waals surface area contributed by atoms with E-state index < -0.39 is 24.1 Å². The number of aliphatic carboxylic acids is 2. The number of hydrogen-bond donors (Lipinski definition) is 5. The van der Waals surface area contributed by atoms with E-state index in [0.717, 1.165) is 18.4 Å². The lowest BCUT2D eigenvalue weighted by Crippen LogP contribution is -2.52. The van der Waals surface area contributed by atoms with Crippen molar-refractivity contribution in [1.82, 2.24) is 14.8 Å². The van der Waals surface area contributed by atoms with Gasteiger partial charge in [0.1, 0.15) is 13.2 Å². The Kier molecular flexibility index (Phi) is 11.0. The Hall–Kier alpha value is -4.01. The van der Waals surface area contributed by atoms with E-state index in [9.17, 15) is 24.0 Å². The molecule has 2 aromatic rings. The summed E-state index contributed by atoms with van der Waals surface area (Å²) in [5.74, 6) is -4.18. The molecule has 2 aliphatic rings. The fraction of sp³-hybridized carbons (Fsp3) is 0.536. The van der Waals surface area contributed by atoms with E-state index in [1.54, 1.807) is 4.90 Å². The Morgan fingerprint density at radius 3 is 2.10 bits per heavy atom. The number of aliphatic hydroxyl groups is 2. The number of H-pyrrole nitrogens is 1. The van der Waals surface area contributed by atoms with Gasteiger partial charge < -0.3 is 44.7 Å². The minimum Gasteiger partial charge on any atom is -0.479 e. The van der Waals surface area contributed by atoms with Crippen LogP contribution in [0, 0.1) is 5.92 Å². The molecule has 5 N–H and O–H groups in total. The van der Waals surface area contributed by atoms with Gasteiger partial charge in [0.05, 0.1) is 19.0 Å². The molecule has 0 spiro atoms. The van der Waals surface area contributed by atoms with Crippen LogP contribution in [0.15, 0.2) is 24.4 Å². The summed E-state index contributed by atoms with van der Waals surface area (Å²) in [5.41, 5.74) is 3.81. The molecule has 1 aliphatic carbocycles. The fourth-order valence-corrected chi connectivity index (χ4v) is 5.58. The van der Waals surface area contributed by atoms with Crippen LogP contribution in [0.25, 0.3) is 10.9 Å². The van der Waals surface area contributed by atoms with Crippen LogP contribution >= 0.6 is 0 Å². The third-order valence-electron chi connectivity index (χ3n) is 7.52. The van der Waals surface area contributed by atoms with Gasteiger partial charge in [0, 0.05) is 49.5 Å². The Morgan fingerprint density at radius 2 is 1.57 bits per heavy atom. The molecule has 14 nitrogen and oxygen atoms in total. The van der Waals surface area contributed by atoms with Crippen LogP contribution in [0.2, 0.25) is 0 Å². The van der Waals surface area contributed by atoms with Gasteiger partial charge in [0.15, 0.2) is 12.2 Å². The number of fused-ring (bicyclic) bond motifs is 2. The number of aromatic amines is 1. The van der Waals surface area contributed by atoms with Gasteiger partial charge in [-0.3, -0.25) is 14.4 Å². The number of benzene rings is 1. The molecule has 1 fully saturated rings. The van der Waals surface area contributed by atoms with Gasteiger partial charge in [-0.25, -0.2) is 9.59 Å². The van der Waals surface area contributed by atoms with Crippen molar-refractivity contribution in [2.45, 2.75) is 50.9 Å². The summed E-state index contributed by atoms with van der Waals surface area (Å²) >= 11 is 0. The molecule has 0 bridgehead atoms. The lowest BCUT2D eigenvalue weighted by molar-refractivity contribution is -0.165. The zero-order valence-electron chi connectivity index (χ0n) is 23.7. The number of ether oxygens (including phenoxy) is 2. The molecular weight excluding hydrogens is 554 g/mol. The van der Waals surface area contributed by atoms with Crippen molar-refractivity contribution in [3.8, 4) is 0 Å². The SMILES string of the molecule is CC(=O)OCCN(CCOC(C)=O)C(=O)C1CC2c3cccc4[nH]cc(c34)CC2N(C)C1.O=C(O)C(O)C(O)C(=O)O. The van der Waals surface area contributed by atoms with E-state index in [2.05, 4.69) is 41.3 Å². The number of carboxylic acids is 2. The summed E-state index contributed by atoms with van der Waals surface area (Å²) in [5, 5.41) is 33.8. The number of hydrogen-bond acceptors (Lipinski definition) is 10. The Bertz CT molecular complexity index is 1270. The summed E-state index contributed by atoms with van der Waals surface area (Å²) in [7, 11) is 2.09. The summed E-state index contributed by atoms with van der Waals surface area (Å²) in [6, 6.07) is 6.74. The number of nitrogens with zero attached hydrogens (tertiary/aromatic N) is 2. The maximum Gasteiger partial charge on any atom is 0.335 e. The second kappa shape index (κ2) is 14.2. The first-order valence-corrected chi connectivity index (χ1v) is 13.5. The molecule has 2 heterocycles. The van der Waals surface area contributed by atoms with Gasteiger partial charge in [-0.1, -0.05) is 12.1 Å². The molecule has 42 heavy (non-hydrogen) atoms. The van der Waals surface area contributed by atoms with Crippen molar-refractivity contribution < 1.29 is 53.9 Å². The van der Waals surface area contributed by atoms with E-state index in [1.807, 2.05) is 0 Å². The third kappa shape index (κ3) is 7.84. The molecule has 1 aliphatic heterocycles. The molecular formula is C28H37N3O11. The van der Waals surface area contributed by atoms with Crippen LogP contribution in [0.4, 0.5) is 0 Å². The zero-order valence-corrected chi connectivity index (χ0v) is 23.7. The van der Waals surface area contributed by atoms with Crippen LogP contribution < -0.4 is 0 Å². The summed E-state index contributed by atoms with van der Waals surface area (Å²) in [6.07, 6.45) is -0.673. The zero-order chi connectivity index (χ0) is 31.1. The van der Waals surface area contributed by atoms with Gasteiger partial charge in [-0.2, -0.15) is 0 Å². The van der Waals surface area contributed by atoms with Crippen molar-refractivity contribution in [2.75, 3.05) is 39.9 Å². The first-order chi connectivity index (χ1) is 19.8. The van der Waals surface area contributed by atoms with E-state index >= 15 is 0 Å². The molecule has 1 aromatic heterocycles. The van der Waals surface area contributed by atoms with Crippen molar-refractivity contribution in [2.24, 2.45) is 5.92 Å². The van der Waals surface area contributed by atoms with Gasteiger partial charge in [-0.15, -0.1) is 0 Å². The number of aliphatic hydroxyl groups excluding tert-OH is 2. The lowest BCUT2D eigenvalue weighted by atomic mass is 9.72.